The van der Waals surface area contributed by atoms with E-state index in [0.29, 0.717) is 24.6 Å². The number of rotatable bonds is 17. The maximum atomic E-state index is 12.2. The molecule has 2 saturated heterocycles. The van der Waals surface area contributed by atoms with Crippen molar-refractivity contribution in [2.75, 3.05) is 31.2 Å². The van der Waals surface area contributed by atoms with Crippen LogP contribution in [-0.4, -0.2) is 99.9 Å². The zero-order valence-corrected chi connectivity index (χ0v) is 25.5. The normalized spacial score (nSPS) is 22.4. The topological polar surface area (TPSA) is 163 Å². The van der Waals surface area contributed by atoms with Crippen molar-refractivity contribution in [2.24, 2.45) is 0 Å². The standard InChI is InChI=1S/C27H41N5O7S2/c1-17(29-20(33)10-13-32-22(35)8-9-23(32)36)14-39-27(2,3)11-12-28-21(34)16-41-24(37)7-5-4-6-19-25-18(15-40-19)30-26(38)31-25/h8-9,17-19,25H,4-7,10-16H2,1-3H3,(H,28,34)(H,29,33)(H2,30,31,38)/t17?,18-,19-,25-/m0/s1. The predicted molar refractivity (Wildman–Crippen MR) is 157 cm³/mol. The van der Waals surface area contributed by atoms with Crippen LogP contribution in [0.3, 0.4) is 0 Å². The summed E-state index contributed by atoms with van der Waals surface area (Å²) in [5.74, 6) is -0.321. The van der Waals surface area contributed by atoms with Crippen LogP contribution in [0.25, 0.3) is 0 Å². The third-order valence-corrected chi connectivity index (χ3v) is 9.51. The van der Waals surface area contributed by atoms with Crippen molar-refractivity contribution in [3.63, 3.8) is 0 Å². The highest BCUT2D eigenvalue weighted by Crippen LogP contribution is 2.33. The van der Waals surface area contributed by atoms with E-state index in [-0.39, 0.29) is 66.4 Å². The number of nitrogens with one attached hydrogen (secondary N) is 4. The Morgan fingerprint density at radius 1 is 1.12 bits per heavy atom. The number of unbranched alkanes of at least 4 members (excludes halogenated alkanes) is 1. The van der Waals surface area contributed by atoms with Crippen molar-refractivity contribution in [1.82, 2.24) is 26.2 Å². The fourth-order valence-electron chi connectivity index (χ4n) is 4.71. The monoisotopic (exact) mass is 611 g/mol. The SMILES string of the molecule is CC(COC(C)(C)CCNC(=O)CSC(=O)CCCC[C@@H]1SC[C@@H]2NC(=O)N[C@@H]21)NC(=O)CCN1C(=O)C=CC1=O. The number of fused-ring (bicyclic) bond motifs is 1. The lowest BCUT2D eigenvalue weighted by Gasteiger charge is -2.27. The summed E-state index contributed by atoms with van der Waals surface area (Å²) in [5.41, 5.74) is -0.551. The van der Waals surface area contributed by atoms with E-state index in [1.165, 1.54) is 12.2 Å². The minimum Gasteiger partial charge on any atom is -0.373 e. The van der Waals surface area contributed by atoms with Crippen molar-refractivity contribution in [3.05, 3.63) is 12.2 Å². The highest BCUT2D eigenvalue weighted by molar-refractivity contribution is 8.14. The van der Waals surface area contributed by atoms with Gasteiger partial charge in [0, 0.05) is 55.1 Å². The minimum atomic E-state index is -0.551. The Hall–Kier alpha value is -2.58. The molecular weight excluding hydrogens is 570 g/mol. The molecule has 0 aromatic carbocycles. The van der Waals surface area contributed by atoms with Crippen LogP contribution in [0.2, 0.25) is 0 Å². The van der Waals surface area contributed by atoms with Gasteiger partial charge in [-0.2, -0.15) is 11.8 Å². The molecule has 3 heterocycles. The van der Waals surface area contributed by atoms with E-state index >= 15 is 0 Å². The Morgan fingerprint density at radius 3 is 2.59 bits per heavy atom. The van der Waals surface area contributed by atoms with Gasteiger partial charge in [0.2, 0.25) is 11.8 Å². The Morgan fingerprint density at radius 2 is 1.85 bits per heavy atom. The Balaban J connectivity index is 1.18. The molecule has 4 atom stereocenters. The van der Waals surface area contributed by atoms with E-state index in [1.54, 1.807) is 6.92 Å². The second-order valence-electron chi connectivity index (χ2n) is 11.1. The number of imide groups is 1. The van der Waals surface area contributed by atoms with Crippen LogP contribution in [0.4, 0.5) is 4.79 Å². The molecule has 2 fully saturated rings. The van der Waals surface area contributed by atoms with Gasteiger partial charge in [0.15, 0.2) is 5.12 Å². The molecule has 0 radical (unpaired) electrons. The van der Waals surface area contributed by atoms with Gasteiger partial charge in [0.1, 0.15) is 0 Å². The predicted octanol–water partition coefficient (Wildman–Crippen LogP) is 1.09. The summed E-state index contributed by atoms with van der Waals surface area (Å²) in [5, 5.41) is 11.9. The van der Waals surface area contributed by atoms with Gasteiger partial charge < -0.3 is 26.0 Å². The highest BCUT2D eigenvalue weighted by atomic mass is 32.2. The largest absolute Gasteiger partial charge is 0.373 e. The average molecular weight is 612 g/mol. The summed E-state index contributed by atoms with van der Waals surface area (Å²) >= 11 is 2.90. The van der Waals surface area contributed by atoms with Gasteiger partial charge in [-0.25, -0.2) is 4.79 Å². The molecule has 3 aliphatic heterocycles. The average Bonchev–Trinajstić information content (AvgIpc) is 3.56. The van der Waals surface area contributed by atoms with E-state index in [2.05, 4.69) is 21.3 Å². The first-order chi connectivity index (χ1) is 19.4. The first-order valence-electron chi connectivity index (χ1n) is 14.0. The van der Waals surface area contributed by atoms with Gasteiger partial charge in [0.05, 0.1) is 30.0 Å². The number of ether oxygens (including phenoxy) is 1. The van der Waals surface area contributed by atoms with Crippen molar-refractivity contribution < 1.29 is 33.5 Å². The molecule has 3 rings (SSSR count). The minimum absolute atomic E-state index is 0.00271. The number of hydrogen-bond acceptors (Lipinski definition) is 9. The Kier molecular flexibility index (Phi) is 12.5. The molecule has 0 aliphatic carbocycles. The van der Waals surface area contributed by atoms with E-state index in [0.717, 1.165) is 41.7 Å². The lowest BCUT2D eigenvalue weighted by atomic mass is 10.0. The number of carbonyl (C=O) groups excluding carboxylic acids is 6. The number of urea groups is 1. The lowest BCUT2D eigenvalue weighted by Crippen LogP contribution is -2.41. The lowest BCUT2D eigenvalue weighted by molar-refractivity contribution is -0.137. The van der Waals surface area contributed by atoms with E-state index in [1.807, 2.05) is 25.6 Å². The second-order valence-corrected chi connectivity index (χ2v) is 13.4. The Labute approximate surface area is 249 Å². The third kappa shape index (κ3) is 11.0. The molecule has 41 heavy (non-hydrogen) atoms. The third-order valence-electron chi connectivity index (χ3n) is 7.07. The highest BCUT2D eigenvalue weighted by Gasteiger charge is 2.42. The van der Waals surface area contributed by atoms with Gasteiger partial charge >= 0.3 is 6.03 Å². The van der Waals surface area contributed by atoms with Gasteiger partial charge in [-0.15, -0.1) is 0 Å². The maximum Gasteiger partial charge on any atom is 0.315 e. The molecule has 0 spiro atoms. The molecule has 0 saturated carbocycles. The first kappa shape index (κ1) is 32.9. The van der Waals surface area contributed by atoms with Crippen LogP contribution in [-0.2, 0) is 28.7 Å². The Bertz CT molecular complexity index is 1020. The van der Waals surface area contributed by atoms with E-state index in [4.69, 9.17) is 4.74 Å². The van der Waals surface area contributed by atoms with Crippen LogP contribution in [0.5, 0.6) is 0 Å². The van der Waals surface area contributed by atoms with Gasteiger partial charge in [-0.05, 0) is 40.0 Å². The zero-order valence-electron chi connectivity index (χ0n) is 23.9. The summed E-state index contributed by atoms with van der Waals surface area (Å²) in [6.07, 6.45) is 5.98. The molecule has 12 nitrogen and oxygen atoms in total. The molecule has 4 N–H and O–H groups in total. The summed E-state index contributed by atoms with van der Waals surface area (Å²) in [7, 11) is 0. The van der Waals surface area contributed by atoms with Crippen LogP contribution < -0.4 is 21.3 Å². The quantitative estimate of drug-likeness (QED) is 0.107. The van der Waals surface area contributed by atoms with E-state index < -0.39 is 17.4 Å². The van der Waals surface area contributed by atoms with Crippen molar-refractivity contribution in [2.45, 2.75) is 88.3 Å². The second kappa shape index (κ2) is 15.6. The number of thioether (sulfide) groups is 2. The van der Waals surface area contributed by atoms with E-state index in [9.17, 15) is 28.8 Å². The number of nitrogens with zero attached hydrogens (tertiary/aromatic N) is 1. The maximum absolute atomic E-state index is 12.2. The molecule has 228 valence electrons. The van der Waals surface area contributed by atoms with Gasteiger partial charge in [-0.1, -0.05) is 18.2 Å². The molecule has 14 heteroatoms. The first-order valence-corrected chi connectivity index (χ1v) is 16.0. The molecular formula is C27H41N5O7S2. The fourth-order valence-corrected chi connectivity index (χ4v) is 6.93. The van der Waals surface area contributed by atoms with Crippen LogP contribution in [0.15, 0.2) is 12.2 Å². The van der Waals surface area contributed by atoms with Crippen LogP contribution in [0, 0.1) is 0 Å². The fraction of sp³-hybridized carbons (Fsp3) is 0.704. The smallest absolute Gasteiger partial charge is 0.315 e. The molecule has 0 aromatic heterocycles. The van der Waals surface area contributed by atoms with Crippen LogP contribution >= 0.6 is 23.5 Å². The molecule has 6 amide bonds. The summed E-state index contributed by atoms with van der Waals surface area (Å²) in [6.45, 7) is 6.26. The number of amides is 6. The van der Waals surface area contributed by atoms with Crippen molar-refractivity contribution in [1.29, 1.82) is 0 Å². The van der Waals surface area contributed by atoms with Crippen molar-refractivity contribution in [3.8, 4) is 0 Å². The molecule has 1 unspecified atom stereocenters. The van der Waals surface area contributed by atoms with Gasteiger partial charge in [0.25, 0.3) is 11.8 Å². The summed E-state index contributed by atoms with van der Waals surface area (Å²) in [6, 6.07) is 0.0115. The van der Waals surface area contributed by atoms with Crippen LogP contribution in [0.1, 0.15) is 59.3 Å². The van der Waals surface area contributed by atoms with Crippen molar-refractivity contribution >= 4 is 58.3 Å². The van der Waals surface area contributed by atoms with Gasteiger partial charge in [-0.3, -0.25) is 28.9 Å². The molecule has 0 aromatic rings. The number of carbonyl (C=O) groups is 6. The summed E-state index contributed by atoms with van der Waals surface area (Å²) in [4.78, 5) is 72.1. The summed E-state index contributed by atoms with van der Waals surface area (Å²) < 4.78 is 5.92. The zero-order chi connectivity index (χ0) is 30.0. The molecule has 3 aliphatic rings. The number of hydrogen-bond donors (Lipinski definition) is 4. The molecule has 0 bridgehead atoms.